The smallest absolute Gasteiger partial charge is 0.136 e. The van der Waals surface area contributed by atoms with E-state index in [0.717, 1.165) is 31.1 Å². The van der Waals surface area contributed by atoms with Crippen molar-refractivity contribution >= 4 is 22.3 Å². The Morgan fingerprint density at radius 1 is 1.18 bits per heavy atom. The molecule has 1 aliphatic rings. The van der Waals surface area contributed by atoms with Crippen molar-refractivity contribution in [2.24, 2.45) is 0 Å². The highest BCUT2D eigenvalue weighted by Gasteiger charge is 2.16. The van der Waals surface area contributed by atoms with Crippen molar-refractivity contribution < 1.29 is 4.74 Å². The maximum absolute atomic E-state index is 5.14. The van der Waals surface area contributed by atoms with Crippen LogP contribution in [0.4, 0.5) is 11.5 Å². The van der Waals surface area contributed by atoms with Crippen LogP contribution in [0.25, 0.3) is 10.8 Å². The summed E-state index contributed by atoms with van der Waals surface area (Å²) in [5, 5.41) is 5.98. The monoisotopic (exact) mass is 299 g/mol. The van der Waals surface area contributed by atoms with Gasteiger partial charge in [-0.1, -0.05) is 12.1 Å². The fraction of sp³-hybridized carbons (Fsp3) is 0.500. The van der Waals surface area contributed by atoms with E-state index in [1.165, 1.54) is 35.7 Å². The highest BCUT2D eigenvalue weighted by atomic mass is 16.5. The summed E-state index contributed by atoms with van der Waals surface area (Å²) in [5.74, 6) is 1.14. The maximum atomic E-state index is 5.14. The summed E-state index contributed by atoms with van der Waals surface area (Å²) in [6, 6.07) is 8.62. The Bertz CT molecular complexity index is 636. The van der Waals surface area contributed by atoms with Crippen LogP contribution in [0, 0.1) is 6.92 Å². The molecule has 2 heterocycles. The summed E-state index contributed by atoms with van der Waals surface area (Å²) in [6.07, 6.45) is 3.87. The van der Waals surface area contributed by atoms with E-state index in [1.807, 2.05) is 0 Å². The fourth-order valence-corrected chi connectivity index (χ4v) is 3.17. The topological polar surface area (TPSA) is 37.4 Å². The molecule has 4 heteroatoms. The Kier molecular flexibility index (Phi) is 4.78. The number of hydrogen-bond acceptors (Lipinski definition) is 4. The second kappa shape index (κ2) is 6.97. The lowest BCUT2D eigenvalue weighted by atomic mass is 10.1. The molecule has 3 rings (SSSR count). The number of piperidine rings is 1. The number of ether oxygens (including phenoxy) is 1. The van der Waals surface area contributed by atoms with Gasteiger partial charge < -0.3 is 15.0 Å². The zero-order valence-electron chi connectivity index (χ0n) is 13.6. The summed E-state index contributed by atoms with van der Waals surface area (Å²) in [4.78, 5) is 7.28. The van der Waals surface area contributed by atoms with E-state index in [4.69, 9.17) is 9.72 Å². The largest absolute Gasteiger partial charge is 0.383 e. The predicted octanol–water partition coefficient (Wildman–Crippen LogP) is 3.59. The molecule has 0 atom stereocenters. The van der Waals surface area contributed by atoms with Crippen molar-refractivity contribution in [3.05, 3.63) is 30.0 Å². The van der Waals surface area contributed by atoms with Crippen molar-refractivity contribution in [2.45, 2.75) is 26.2 Å². The molecule has 1 N–H and O–H groups in total. The normalized spacial score (nSPS) is 15.3. The molecule has 0 amide bonds. The van der Waals surface area contributed by atoms with Gasteiger partial charge in [0, 0.05) is 48.9 Å². The average molecular weight is 299 g/mol. The Hall–Kier alpha value is -1.81. The third kappa shape index (κ3) is 3.17. The Balaban J connectivity index is 2.00. The van der Waals surface area contributed by atoms with Gasteiger partial charge in [-0.25, -0.2) is 4.98 Å². The van der Waals surface area contributed by atoms with Gasteiger partial charge in [0.2, 0.25) is 0 Å². The van der Waals surface area contributed by atoms with Crippen LogP contribution in [0.5, 0.6) is 0 Å². The van der Waals surface area contributed by atoms with Crippen LogP contribution in [0.1, 0.15) is 25.0 Å². The Labute approximate surface area is 132 Å². The molecular formula is C18H25N3O. The van der Waals surface area contributed by atoms with Crippen molar-refractivity contribution in [2.75, 3.05) is 43.6 Å². The Morgan fingerprint density at radius 3 is 2.77 bits per heavy atom. The zero-order valence-corrected chi connectivity index (χ0v) is 13.6. The van der Waals surface area contributed by atoms with E-state index in [9.17, 15) is 0 Å². The van der Waals surface area contributed by atoms with Gasteiger partial charge in [-0.15, -0.1) is 0 Å². The molecule has 0 aliphatic carbocycles. The lowest BCUT2D eigenvalue weighted by molar-refractivity contribution is 0.211. The number of aryl methyl sites for hydroxylation is 1. The number of nitrogens with one attached hydrogen (secondary N) is 1. The van der Waals surface area contributed by atoms with Gasteiger partial charge in [-0.05, 0) is 38.3 Å². The summed E-state index contributed by atoms with van der Waals surface area (Å²) in [7, 11) is 1.73. The molecule has 0 saturated carbocycles. The number of hydrogen-bond donors (Lipinski definition) is 1. The second-order valence-electron chi connectivity index (χ2n) is 5.96. The summed E-state index contributed by atoms with van der Waals surface area (Å²) < 4.78 is 5.14. The van der Waals surface area contributed by atoms with Gasteiger partial charge in [-0.2, -0.15) is 0 Å². The van der Waals surface area contributed by atoms with Gasteiger partial charge in [0.05, 0.1) is 6.61 Å². The van der Waals surface area contributed by atoms with E-state index in [0.29, 0.717) is 6.61 Å². The van der Waals surface area contributed by atoms with Crippen LogP contribution in [0.15, 0.2) is 24.3 Å². The fourth-order valence-electron chi connectivity index (χ4n) is 3.17. The summed E-state index contributed by atoms with van der Waals surface area (Å²) in [6.45, 7) is 5.84. The molecule has 1 aromatic heterocycles. The van der Waals surface area contributed by atoms with Crippen molar-refractivity contribution in [1.29, 1.82) is 0 Å². The number of anilines is 2. The van der Waals surface area contributed by atoms with Crippen LogP contribution in [0.2, 0.25) is 0 Å². The van der Waals surface area contributed by atoms with Gasteiger partial charge in [0.1, 0.15) is 5.82 Å². The minimum Gasteiger partial charge on any atom is -0.383 e. The number of rotatable bonds is 5. The van der Waals surface area contributed by atoms with Crippen LogP contribution < -0.4 is 10.2 Å². The molecular weight excluding hydrogens is 274 g/mol. The summed E-state index contributed by atoms with van der Waals surface area (Å²) in [5.41, 5.74) is 2.24. The van der Waals surface area contributed by atoms with Crippen LogP contribution in [-0.4, -0.2) is 38.3 Å². The molecule has 1 fully saturated rings. The lowest BCUT2D eigenvalue weighted by Crippen LogP contribution is -2.30. The van der Waals surface area contributed by atoms with Gasteiger partial charge in [0.15, 0.2) is 0 Å². The van der Waals surface area contributed by atoms with Crippen LogP contribution >= 0.6 is 0 Å². The standard InChI is InChI=1S/C18H25N3O/c1-14-13-16-15(7-6-8-17(16)19-9-12-22-2)18(20-14)21-10-4-3-5-11-21/h6-8,13,19H,3-5,9-12H2,1-2H3. The van der Waals surface area contributed by atoms with Gasteiger partial charge in [-0.3, -0.25) is 0 Å². The number of fused-ring (bicyclic) bond motifs is 1. The molecule has 1 aromatic carbocycles. The predicted molar refractivity (Wildman–Crippen MR) is 92.9 cm³/mol. The number of nitrogens with zero attached hydrogens (tertiary/aromatic N) is 2. The second-order valence-corrected chi connectivity index (χ2v) is 5.96. The first-order valence-electron chi connectivity index (χ1n) is 8.18. The maximum Gasteiger partial charge on any atom is 0.136 e. The quantitative estimate of drug-likeness (QED) is 0.856. The molecule has 118 valence electrons. The number of methoxy groups -OCH3 is 1. The first-order valence-corrected chi connectivity index (χ1v) is 8.18. The third-order valence-corrected chi connectivity index (χ3v) is 4.26. The van der Waals surface area contributed by atoms with Crippen LogP contribution in [-0.2, 0) is 4.74 Å². The van der Waals surface area contributed by atoms with Crippen molar-refractivity contribution in [3.63, 3.8) is 0 Å². The van der Waals surface area contributed by atoms with Crippen molar-refractivity contribution in [1.82, 2.24) is 4.98 Å². The van der Waals surface area contributed by atoms with Crippen LogP contribution in [0.3, 0.4) is 0 Å². The summed E-state index contributed by atoms with van der Waals surface area (Å²) >= 11 is 0. The van der Waals surface area contributed by atoms with Crippen molar-refractivity contribution in [3.8, 4) is 0 Å². The highest BCUT2D eigenvalue weighted by molar-refractivity contribution is 6.00. The molecule has 0 spiro atoms. The van der Waals surface area contributed by atoms with Gasteiger partial charge in [0.25, 0.3) is 0 Å². The van der Waals surface area contributed by atoms with E-state index >= 15 is 0 Å². The molecule has 2 aromatic rings. The first kappa shape index (κ1) is 15.1. The molecule has 4 nitrogen and oxygen atoms in total. The number of benzene rings is 1. The number of aromatic nitrogens is 1. The molecule has 22 heavy (non-hydrogen) atoms. The molecule has 0 bridgehead atoms. The first-order chi connectivity index (χ1) is 10.8. The lowest BCUT2D eigenvalue weighted by Gasteiger charge is -2.29. The number of pyridine rings is 1. The zero-order chi connectivity index (χ0) is 15.4. The molecule has 0 radical (unpaired) electrons. The third-order valence-electron chi connectivity index (χ3n) is 4.26. The molecule has 0 unspecified atom stereocenters. The van der Waals surface area contributed by atoms with E-state index in [2.05, 4.69) is 41.4 Å². The van der Waals surface area contributed by atoms with Gasteiger partial charge >= 0.3 is 0 Å². The van der Waals surface area contributed by atoms with E-state index in [1.54, 1.807) is 7.11 Å². The minimum atomic E-state index is 0.708. The van der Waals surface area contributed by atoms with E-state index < -0.39 is 0 Å². The van der Waals surface area contributed by atoms with E-state index in [-0.39, 0.29) is 0 Å². The molecule has 1 aliphatic heterocycles. The average Bonchev–Trinajstić information content (AvgIpc) is 2.55. The highest BCUT2D eigenvalue weighted by Crippen LogP contribution is 2.32. The SMILES string of the molecule is COCCNc1cccc2c(N3CCCCC3)nc(C)cc12. The molecule has 1 saturated heterocycles. The minimum absolute atomic E-state index is 0.708. The Morgan fingerprint density at radius 2 is 2.00 bits per heavy atom.